The summed E-state index contributed by atoms with van der Waals surface area (Å²) in [5.74, 6) is 0. The molecule has 0 fully saturated rings. The molecule has 0 N–H and O–H groups in total. The van der Waals surface area contributed by atoms with Crippen molar-refractivity contribution in [3.05, 3.63) is 11.1 Å². The van der Waals surface area contributed by atoms with Gasteiger partial charge in [-0.1, -0.05) is 115 Å². The van der Waals surface area contributed by atoms with Crippen LogP contribution in [0.4, 0.5) is 0 Å². The van der Waals surface area contributed by atoms with Crippen LogP contribution in [-0.4, -0.2) is 0 Å². The van der Waals surface area contributed by atoms with Crippen LogP contribution < -0.4 is 0 Å². The molecule has 0 aliphatic heterocycles. The van der Waals surface area contributed by atoms with E-state index in [-0.39, 0.29) is 0 Å². The monoisotopic (exact) mass is 336 g/mol. The Bertz CT molecular complexity index is 274. The van der Waals surface area contributed by atoms with Crippen molar-refractivity contribution < 1.29 is 0 Å². The van der Waals surface area contributed by atoms with Gasteiger partial charge in [0.1, 0.15) is 0 Å². The van der Waals surface area contributed by atoms with Crippen LogP contribution in [0.2, 0.25) is 0 Å². The molecule has 0 amide bonds. The topological polar surface area (TPSA) is 0 Å². The lowest BCUT2D eigenvalue weighted by atomic mass is 9.94. The second kappa shape index (κ2) is 19.1. The van der Waals surface area contributed by atoms with Crippen LogP contribution in [0, 0.1) is 0 Å². The van der Waals surface area contributed by atoms with E-state index in [9.17, 15) is 0 Å². The van der Waals surface area contributed by atoms with Crippen molar-refractivity contribution in [2.45, 2.75) is 143 Å². The second-order valence-electron chi connectivity index (χ2n) is 7.88. The first kappa shape index (κ1) is 23.7. The first-order valence-electron chi connectivity index (χ1n) is 11.4. The fourth-order valence-corrected chi connectivity index (χ4v) is 3.67. The smallest absolute Gasteiger partial charge is 0.0318 e. The lowest BCUT2D eigenvalue weighted by Gasteiger charge is -2.12. The Morgan fingerprint density at radius 2 is 0.833 bits per heavy atom. The van der Waals surface area contributed by atoms with Crippen molar-refractivity contribution in [1.29, 1.82) is 0 Å². The second-order valence-corrected chi connectivity index (χ2v) is 7.88. The summed E-state index contributed by atoms with van der Waals surface area (Å²) in [5.41, 5.74) is 3.53. The Balaban J connectivity index is 3.82. The van der Waals surface area contributed by atoms with E-state index in [1.54, 1.807) is 11.1 Å². The first-order chi connectivity index (χ1) is 11.8. The Labute approximate surface area is 154 Å². The highest BCUT2D eigenvalue weighted by atomic mass is 14.1. The van der Waals surface area contributed by atoms with Crippen molar-refractivity contribution in [3.63, 3.8) is 0 Å². The molecule has 0 saturated heterocycles. The van der Waals surface area contributed by atoms with Gasteiger partial charge in [-0.05, 0) is 39.0 Å². The largest absolute Gasteiger partial charge is 0.0741 e. The van der Waals surface area contributed by atoms with E-state index in [2.05, 4.69) is 27.7 Å². The molecular weight excluding hydrogens is 288 g/mol. The summed E-state index contributed by atoms with van der Waals surface area (Å²) in [7, 11) is 0. The van der Waals surface area contributed by atoms with Crippen LogP contribution in [0.25, 0.3) is 0 Å². The maximum atomic E-state index is 2.42. The maximum Gasteiger partial charge on any atom is -0.0318 e. The summed E-state index contributed by atoms with van der Waals surface area (Å²) >= 11 is 0. The van der Waals surface area contributed by atoms with Gasteiger partial charge in [0.15, 0.2) is 0 Å². The van der Waals surface area contributed by atoms with Crippen LogP contribution in [-0.2, 0) is 0 Å². The molecule has 0 aromatic rings. The Morgan fingerprint density at radius 3 is 1.29 bits per heavy atom. The summed E-state index contributed by atoms with van der Waals surface area (Å²) in [6, 6.07) is 0. The summed E-state index contributed by atoms with van der Waals surface area (Å²) < 4.78 is 0. The average Bonchev–Trinajstić information content (AvgIpc) is 2.59. The molecule has 0 radical (unpaired) electrons. The van der Waals surface area contributed by atoms with Crippen molar-refractivity contribution in [3.8, 4) is 0 Å². The van der Waals surface area contributed by atoms with Gasteiger partial charge in [-0.15, -0.1) is 0 Å². The molecule has 0 atom stereocenters. The third kappa shape index (κ3) is 15.3. The molecule has 0 nitrogen and oxygen atoms in total. The molecule has 24 heavy (non-hydrogen) atoms. The number of allylic oxidation sites excluding steroid dienone is 2. The molecule has 0 unspecified atom stereocenters. The third-order valence-corrected chi connectivity index (χ3v) is 5.39. The number of unbranched alkanes of at least 4 members (excludes halogenated alkanes) is 12. The molecule has 0 saturated carbocycles. The van der Waals surface area contributed by atoms with Crippen LogP contribution in [0.15, 0.2) is 11.1 Å². The van der Waals surface area contributed by atoms with Gasteiger partial charge >= 0.3 is 0 Å². The molecule has 0 spiro atoms. The minimum Gasteiger partial charge on any atom is -0.0741 e. The van der Waals surface area contributed by atoms with Crippen LogP contribution in [0.1, 0.15) is 143 Å². The van der Waals surface area contributed by atoms with Crippen LogP contribution in [0.3, 0.4) is 0 Å². The van der Waals surface area contributed by atoms with Gasteiger partial charge in [0.2, 0.25) is 0 Å². The van der Waals surface area contributed by atoms with Crippen LogP contribution >= 0.6 is 0 Å². The van der Waals surface area contributed by atoms with E-state index < -0.39 is 0 Å². The van der Waals surface area contributed by atoms with E-state index in [1.165, 1.54) is 116 Å². The fraction of sp³-hybridized carbons (Fsp3) is 0.917. The zero-order chi connectivity index (χ0) is 17.9. The van der Waals surface area contributed by atoms with Gasteiger partial charge in [-0.2, -0.15) is 0 Å². The summed E-state index contributed by atoms with van der Waals surface area (Å²) in [6.45, 7) is 9.36. The van der Waals surface area contributed by atoms with E-state index >= 15 is 0 Å². The van der Waals surface area contributed by atoms with Crippen molar-refractivity contribution in [1.82, 2.24) is 0 Å². The predicted octanol–water partition coefficient (Wildman–Crippen LogP) is 9.38. The summed E-state index contributed by atoms with van der Waals surface area (Å²) in [6.07, 6.45) is 25.4. The van der Waals surface area contributed by atoms with E-state index in [1.807, 2.05) is 0 Å². The lowest BCUT2D eigenvalue weighted by Crippen LogP contribution is -1.92. The van der Waals surface area contributed by atoms with Crippen molar-refractivity contribution in [2.24, 2.45) is 0 Å². The van der Waals surface area contributed by atoms with Gasteiger partial charge in [0.05, 0.1) is 0 Å². The number of rotatable bonds is 18. The van der Waals surface area contributed by atoms with Gasteiger partial charge < -0.3 is 0 Å². The molecule has 0 heterocycles. The third-order valence-electron chi connectivity index (χ3n) is 5.39. The zero-order valence-corrected chi connectivity index (χ0v) is 17.7. The molecule has 144 valence electrons. The van der Waals surface area contributed by atoms with E-state index in [0.29, 0.717) is 0 Å². The van der Waals surface area contributed by atoms with Crippen LogP contribution in [0.5, 0.6) is 0 Å². The minimum atomic E-state index is 1.32. The normalized spacial score (nSPS) is 12.5. The van der Waals surface area contributed by atoms with Gasteiger partial charge in [-0.3, -0.25) is 0 Å². The first-order valence-corrected chi connectivity index (χ1v) is 11.4. The number of hydrogen-bond donors (Lipinski definition) is 0. The predicted molar refractivity (Wildman–Crippen MR) is 113 cm³/mol. The SMILES string of the molecule is CCCCCCCCCCC(C)=C(CCC)CCCCCCCC. The van der Waals surface area contributed by atoms with Crippen molar-refractivity contribution in [2.75, 3.05) is 0 Å². The maximum absolute atomic E-state index is 2.42. The molecule has 0 aliphatic rings. The van der Waals surface area contributed by atoms with Gasteiger partial charge in [-0.25, -0.2) is 0 Å². The Kier molecular flexibility index (Phi) is 18.9. The summed E-state index contributed by atoms with van der Waals surface area (Å²) in [5, 5.41) is 0. The fourth-order valence-electron chi connectivity index (χ4n) is 3.67. The van der Waals surface area contributed by atoms with E-state index in [4.69, 9.17) is 0 Å². The number of hydrogen-bond acceptors (Lipinski definition) is 0. The minimum absolute atomic E-state index is 1.32. The highest BCUT2D eigenvalue weighted by Crippen LogP contribution is 2.23. The standard InChI is InChI=1S/C24H48/c1-5-8-10-12-14-15-16-18-21-23(4)24(20-7-3)22-19-17-13-11-9-6-2/h5-22H2,1-4H3. The molecular formula is C24H48. The van der Waals surface area contributed by atoms with Gasteiger partial charge in [0.25, 0.3) is 0 Å². The quantitative estimate of drug-likeness (QED) is 0.173. The molecule has 0 aromatic heterocycles. The molecule has 0 heteroatoms. The van der Waals surface area contributed by atoms with Crippen molar-refractivity contribution >= 4 is 0 Å². The highest BCUT2D eigenvalue weighted by molar-refractivity contribution is 5.12. The van der Waals surface area contributed by atoms with Gasteiger partial charge in [0, 0.05) is 0 Å². The Hall–Kier alpha value is -0.260. The average molecular weight is 337 g/mol. The molecule has 0 rings (SSSR count). The highest BCUT2D eigenvalue weighted by Gasteiger charge is 2.03. The summed E-state index contributed by atoms with van der Waals surface area (Å²) in [4.78, 5) is 0. The molecule has 0 aliphatic carbocycles. The van der Waals surface area contributed by atoms with E-state index in [0.717, 1.165) is 0 Å². The zero-order valence-electron chi connectivity index (χ0n) is 17.7. The molecule has 0 aromatic carbocycles. The lowest BCUT2D eigenvalue weighted by molar-refractivity contribution is 0.571. The molecule has 0 bridgehead atoms. The Morgan fingerprint density at radius 1 is 0.417 bits per heavy atom.